The molecule has 0 aliphatic heterocycles. The van der Waals surface area contributed by atoms with Gasteiger partial charge in [-0.1, -0.05) is 35.9 Å². The van der Waals surface area contributed by atoms with Crippen LogP contribution in [0, 0.1) is 6.92 Å². The molecule has 0 aliphatic carbocycles. The topological polar surface area (TPSA) is 72.5 Å². The van der Waals surface area contributed by atoms with Crippen LogP contribution in [0.3, 0.4) is 0 Å². The van der Waals surface area contributed by atoms with Gasteiger partial charge in [-0.15, -0.1) is 0 Å². The molecule has 128 valence electrons. The molecule has 2 rings (SSSR count). The van der Waals surface area contributed by atoms with Gasteiger partial charge in [-0.05, 0) is 31.5 Å². The zero-order valence-electron chi connectivity index (χ0n) is 13.9. The van der Waals surface area contributed by atoms with Crippen molar-refractivity contribution < 1.29 is 17.9 Å². The molecule has 0 aliphatic rings. The van der Waals surface area contributed by atoms with Gasteiger partial charge in [-0.25, -0.2) is 8.42 Å². The predicted octanol–water partition coefficient (Wildman–Crippen LogP) is 2.95. The SMILES string of the molecule is Cc1cccc(COc2cccc(NC(=O)C(C)S(C)(=O)=O)c2)c1. The molecular formula is C18H21NO4S. The van der Waals surface area contributed by atoms with Crippen LogP contribution in [-0.4, -0.2) is 25.8 Å². The molecule has 1 unspecified atom stereocenters. The van der Waals surface area contributed by atoms with Crippen molar-refractivity contribution in [2.45, 2.75) is 25.7 Å². The van der Waals surface area contributed by atoms with Gasteiger partial charge in [0, 0.05) is 18.0 Å². The number of benzene rings is 2. The second kappa shape index (κ2) is 7.49. The predicted molar refractivity (Wildman–Crippen MR) is 94.9 cm³/mol. The average Bonchev–Trinajstić information content (AvgIpc) is 2.52. The van der Waals surface area contributed by atoms with E-state index in [9.17, 15) is 13.2 Å². The number of anilines is 1. The highest BCUT2D eigenvalue weighted by molar-refractivity contribution is 7.92. The minimum Gasteiger partial charge on any atom is -0.489 e. The summed E-state index contributed by atoms with van der Waals surface area (Å²) >= 11 is 0. The number of carbonyl (C=O) groups is 1. The molecule has 0 saturated heterocycles. The highest BCUT2D eigenvalue weighted by Crippen LogP contribution is 2.19. The maximum atomic E-state index is 12.0. The molecule has 5 nitrogen and oxygen atoms in total. The first-order valence-electron chi connectivity index (χ1n) is 7.54. The number of amides is 1. The number of ether oxygens (including phenoxy) is 1. The zero-order valence-corrected chi connectivity index (χ0v) is 14.8. The minimum atomic E-state index is -3.43. The van der Waals surface area contributed by atoms with Crippen LogP contribution in [0.25, 0.3) is 0 Å². The van der Waals surface area contributed by atoms with Crippen LogP contribution in [0.1, 0.15) is 18.1 Å². The first-order chi connectivity index (χ1) is 11.3. The van der Waals surface area contributed by atoms with Gasteiger partial charge in [-0.3, -0.25) is 4.79 Å². The number of hydrogen-bond donors (Lipinski definition) is 1. The molecule has 0 radical (unpaired) electrons. The summed E-state index contributed by atoms with van der Waals surface area (Å²) in [6.45, 7) is 3.80. The summed E-state index contributed by atoms with van der Waals surface area (Å²) in [6, 6.07) is 14.9. The Bertz CT molecular complexity index is 830. The molecule has 1 N–H and O–H groups in total. The quantitative estimate of drug-likeness (QED) is 0.872. The van der Waals surface area contributed by atoms with Gasteiger partial charge in [0.2, 0.25) is 5.91 Å². The van der Waals surface area contributed by atoms with Crippen LogP contribution >= 0.6 is 0 Å². The smallest absolute Gasteiger partial charge is 0.242 e. The number of carbonyl (C=O) groups excluding carboxylic acids is 1. The monoisotopic (exact) mass is 347 g/mol. The Morgan fingerprint density at radius 2 is 1.88 bits per heavy atom. The second-order valence-electron chi connectivity index (χ2n) is 5.77. The van der Waals surface area contributed by atoms with E-state index in [0.717, 1.165) is 17.4 Å². The highest BCUT2D eigenvalue weighted by atomic mass is 32.2. The average molecular weight is 347 g/mol. The molecule has 6 heteroatoms. The Kier molecular flexibility index (Phi) is 5.62. The molecule has 0 fully saturated rings. The van der Waals surface area contributed by atoms with E-state index in [1.54, 1.807) is 24.3 Å². The molecule has 1 amide bonds. The molecular weight excluding hydrogens is 326 g/mol. The molecule has 0 bridgehead atoms. The first-order valence-corrected chi connectivity index (χ1v) is 9.49. The second-order valence-corrected chi connectivity index (χ2v) is 8.13. The number of sulfone groups is 1. The summed E-state index contributed by atoms with van der Waals surface area (Å²) in [7, 11) is -3.43. The van der Waals surface area contributed by atoms with Crippen LogP contribution in [0.2, 0.25) is 0 Å². The van der Waals surface area contributed by atoms with Crippen LogP contribution in [0.15, 0.2) is 48.5 Å². The van der Waals surface area contributed by atoms with E-state index in [2.05, 4.69) is 5.32 Å². The molecule has 0 saturated carbocycles. The number of hydrogen-bond acceptors (Lipinski definition) is 4. The van der Waals surface area contributed by atoms with E-state index in [1.807, 2.05) is 31.2 Å². The normalized spacial score (nSPS) is 12.5. The molecule has 2 aromatic carbocycles. The largest absolute Gasteiger partial charge is 0.489 e. The van der Waals surface area contributed by atoms with Crippen LogP contribution in [0.4, 0.5) is 5.69 Å². The van der Waals surface area contributed by atoms with E-state index in [0.29, 0.717) is 18.0 Å². The fourth-order valence-electron chi connectivity index (χ4n) is 2.07. The molecule has 2 aromatic rings. The van der Waals surface area contributed by atoms with Crippen molar-refractivity contribution >= 4 is 21.4 Å². The first kappa shape index (κ1) is 18.0. The maximum Gasteiger partial charge on any atom is 0.242 e. The third kappa shape index (κ3) is 5.09. The highest BCUT2D eigenvalue weighted by Gasteiger charge is 2.23. The summed E-state index contributed by atoms with van der Waals surface area (Å²) in [6.07, 6.45) is 1.04. The number of rotatable bonds is 6. The number of nitrogens with one attached hydrogen (secondary N) is 1. The summed E-state index contributed by atoms with van der Waals surface area (Å²) in [5, 5.41) is 1.50. The van der Waals surface area contributed by atoms with Crippen molar-refractivity contribution in [1.82, 2.24) is 0 Å². The van der Waals surface area contributed by atoms with Crippen molar-refractivity contribution in [3.8, 4) is 5.75 Å². The van der Waals surface area contributed by atoms with Gasteiger partial charge in [0.1, 0.15) is 17.6 Å². The zero-order chi connectivity index (χ0) is 17.7. The summed E-state index contributed by atoms with van der Waals surface area (Å²) in [4.78, 5) is 12.0. The molecule has 0 heterocycles. The summed E-state index contributed by atoms with van der Waals surface area (Å²) in [5.41, 5.74) is 2.71. The van der Waals surface area contributed by atoms with E-state index in [-0.39, 0.29) is 0 Å². The van der Waals surface area contributed by atoms with Crippen LogP contribution < -0.4 is 10.1 Å². The Morgan fingerprint density at radius 3 is 2.54 bits per heavy atom. The molecule has 0 spiro atoms. The third-order valence-electron chi connectivity index (χ3n) is 3.60. The van der Waals surface area contributed by atoms with Gasteiger partial charge < -0.3 is 10.1 Å². The van der Waals surface area contributed by atoms with Crippen molar-refractivity contribution in [3.63, 3.8) is 0 Å². The van der Waals surface area contributed by atoms with Crippen LogP contribution in [0.5, 0.6) is 5.75 Å². The summed E-state index contributed by atoms with van der Waals surface area (Å²) < 4.78 is 28.6. The fourth-order valence-corrected chi connectivity index (χ4v) is 2.52. The lowest BCUT2D eigenvalue weighted by Gasteiger charge is -2.12. The van der Waals surface area contributed by atoms with Crippen LogP contribution in [-0.2, 0) is 21.2 Å². The van der Waals surface area contributed by atoms with E-state index in [4.69, 9.17) is 4.74 Å². The fraction of sp³-hybridized carbons (Fsp3) is 0.278. The van der Waals surface area contributed by atoms with Crippen molar-refractivity contribution in [3.05, 3.63) is 59.7 Å². The van der Waals surface area contributed by atoms with Crippen molar-refractivity contribution in [1.29, 1.82) is 0 Å². The Morgan fingerprint density at radius 1 is 1.17 bits per heavy atom. The number of aryl methyl sites for hydroxylation is 1. The van der Waals surface area contributed by atoms with E-state index in [1.165, 1.54) is 6.92 Å². The maximum absolute atomic E-state index is 12.0. The Labute approximate surface area is 142 Å². The molecule has 1 atom stereocenters. The van der Waals surface area contributed by atoms with E-state index < -0.39 is 21.0 Å². The molecule has 24 heavy (non-hydrogen) atoms. The Hall–Kier alpha value is -2.34. The van der Waals surface area contributed by atoms with Gasteiger partial charge >= 0.3 is 0 Å². The lowest BCUT2D eigenvalue weighted by atomic mass is 10.1. The van der Waals surface area contributed by atoms with Gasteiger partial charge in [0.05, 0.1) is 0 Å². The standard InChI is InChI=1S/C18H21NO4S/c1-13-6-4-7-15(10-13)12-23-17-9-5-8-16(11-17)19-18(20)14(2)24(3,21)22/h4-11,14H,12H2,1-3H3,(H,19,20). The lowest BCUT2D eigenvalue weighted by molar-refractivity contribution is -0.115. The van der Waals surface area contributed by atoms with E-state index >= 15 is 0 Å². The van der Waals surface area contributed by atoms with Gasteiger partial charge in [-0.2, -0.15) is 0 Å². The summed E-state index contributed by atoms with van der Waals surface area (Å²) in [5.74, 6) is 0.0367. The minimum absolute atomic E-state index is 0.415. The Balaban J connectivity index is 2.02. The van der Waals surface area contributed by atoms with Crippen molar-refractivity contribution in [2.75, 3.05) is 11.6 Å². The molecule has 0 aromatic heterocycles. The van der Waals surface area contributed by atoms with Crippen molar-refractivity contribution in [2.24, 2.45) is 0 Å². The lowest BCUT2D eigenvalue weighted by Crippen LogP contribution is -2.31. The van der Waals surface area contributed by atoms with Gasteiger partial charge in [0.15, 0.2) is 9.84 Å². The van der Waals surface area contributed by atoms with Gasteiger partial charge in [0.25, 0.3) is 0 Å². The third-order valence-corrected chi connectivity index (χ3v) is 5.10.